The highest BCUT2D eigenvalue weighted by Crippen LogP contribution is 2.35. The number of ether oxygens (including phenoxy) is 1. The van der Waals surface area contributed by atoms with Crippen molar-refractivity contribution in [3.63, 3.8) is 0 Å². The van der Waals surface area contributed by atoms with E-state index in [9.17, 15) is 4.79 Å². The summed E-state index contributed by atoms with van der Waals surface area (Å²) in [6.45, 7) is 6.31. The molecule has 0 aliphatic carbocycles. The molecule has 1 aromatic rings. The number of esters is 1. The number of nitrogens with zero attached hydrogens (tertiary/aromatic N) is 2. The number of nitrogen functional groups attached to an aromatic ring is 1. The first kappa shape index (κ1) is 14.1. The zero-order valence-corrected chi connectivity index (χ0v) is 12.3. The van der Waals surface area contributed by atoms with Gasteiger partial charge in [0.05, 0.1) is 6.61 Å². The molecule has 1 aliphatic rings. The summed E-state index contributed by atoms with van der Waals surface area (Å²) in [6, 6.07) is 0. The molecule has 6 heteroatoms. The smallest absolute Gasteiger partial charge is 0.345 e. The Bertz CT molecular complexity index is 447. The molecule has 106 valence electrons. The minimum atomic E-state index is -0.359. The van der Waals surface area contributed by atoms with Crippen LogP contribution in [-0.4, -0.2) is 30.0 Å². The summed E-state index contributed by atoms with van der Waals surface area (Å²) < 4.78 is 9.18. The standard InChI is InChI=1S/C13H21N3O2S/c1-3-5-9-6-7-16(8-9)12-10(11(14)15-19-12)13(17)18-4-2/h9H,3-8H2,1-2H3,(H2,14,15). The molecule has 1 atom stereocenters. The van der Waals surface area contributed by atoms with Gasteiger partial charge in [0.15, 0.2) is 5.82 Å². The summed E-state index contributed by atoms with van der Waals surface area (Å²) in [4.78, 5) is 14.2. The van der Waals surface area contributed by atoms with E-state index in [1.165, 1.54) is 30.8 Å². The van der Waals surface area contributed by atoms with Crippen molar-refractivity contribution < 1.29 is 9.53 Å². The fourth-order valence-corrected chi connectivity index (χ4v) is 3.40. The Morgan fingerprint density at radius 3 is 3.05 bits per heavy atom. The lowest BCUT2D eigenvalue weighted by atomic mass is 10.0. The van der Waals surface area contributed by atoms with E-state index in [4.69, 9.17) is 10.5 Å². The molecule has 2 rings (SSSR count). The van der Waals surface area contributed by atoms with Gasteiger partial charge in [-0.05, 0) is 37.2 Å². The van der Waals surface area contributed by atoms with Gasteiger partial charge in [0, 0.05) is 13.1 Å². The SMILES string of the molecule is CCCC1CCN(c2snc(N)c2C(=O)OCC)C1. The first-order chi connectivity index (χ1) is 9.17. The lowest BCUT2D eigenvalue weighted by Crippen LogP contribution is -2.21. The maximum absolute atomic E-state index is 11.9. The van der Waals surface area contributed by atoms with Gasteiger partial charge >= 0.3 is 5.97 Å². The molecule has 0 amide bonds. The second-order valence-corrected chi connectivity index (χ2v) is 5.61. The lowest BCUT2D eigenvalue weighted by Gasteiger charge is -2.17. The molecule has 2 N–H and O–H groups in total. The van der Waals surface area contributed by atoms with Crippen LogP contribution < -0.4 is 10.6 Å². The topological polar surface area (TPSA) is 68.5 Å². The van der Waals surface area contributed by atoms with Crippen molar-refractivity contribution in [2.45, 2.75) is 33.1 Å². The summed E-state index contributed by atoms with van der Waals surface area (Å²) in [7, 11) is 0. The zero-order chi connectivity index (χ0) is 13.8. The van der Waals surface area contributed by atoms with Crippen LogP contribution >= 0.6 is 11.5 Å². The van der Waals surface area contributed by atoms with E-state index in [2.05, 4.69) is 16.2 Å². The van der Waals surface area contributed by atoms with Crippen molar-refractivity contribution in [2.75, 3.05) is 30.3 Å². The van der Waals surface area contributed by atoms with Gasteiger partial charge < -0.3 is 15.4 Å². The molecular formula is C13H21N3O2S. The van der Waals surface area contributed by atoms with Crippen LogP contribution in [0.3, 0.4) is 0 Å². The first-order valence-corrected chi connectivity index (χ1v) is 7.61. The number of hydrogen-bond acceptors (Lipinski definition) is 6. The molecular weight excluding hydrogens is 262 g/mol. The maximum Gasteiger partial charge on any atom is 0.345 e. The van der Waals surface area contributed by atoms with Gasteiger partial charge in [-0.1, -0.05) is 13.3 Å². The fourth-order valence-electron chi connectivity index (χ4n) is 2.57. The Balaban J connectivity index is 2.15. The number of hydrogen-bond donors (Lipinski definition) is 1. The van der Waals surface area contributed by atoms with Gasteiger partial charge in [0.2, 0.25) is 0 Å². The van der Waals surface area contributed by atoms with Crippen LogP contribution in [0.2, 0.25) is 0 Å². The third kappa shape index (κ3) is 3.00. The third-order valence-electron chi connectivity index (χ3n) is 3.45. The summed E-state index contributed by atoms with van der Waals surface area (Å²) in [6.07, 6.45) is 3.61. The third-order valence-corrected chi connectivity index (χ3v) is 4.37. The van der Waals surface area contributed by atoms with E-state index < -0.39 is 0 Å². The average Bonchev–Trinajstić information content (AvgIpc) is 2.96. The quantitative estimate of drug-likeness (QED) is 0.841. The van der Waals surface area contributed by atoms with Crippen molar-refractivity contribution in [3.05, 3.63) is 5.56 Å². The molecule has 2 heterocycles. The highest BCUT2D eigenvalue weighted by atomic mass is 32.1. The lowest BCUT2D eigenvalue weighted by molar-refractivity contribution is 0.0528. The van der Waals surface area contributed by atoms with Crippen LogP contribution in [0.25, 0.3) is 0 Å². The van der Waals surface area contributed by atoms with Gasteiger partial charge in [0.25, 0.3) is 0 Å². The number of nitrogens with two attached hydrogens (primary N) is 1. The van der Waals surface area contributed by atoms with E-state index in [1.54, 1.807) is 6.92 Å². The van der Waals surface area contributed by atoms with Crippen LogP contribution in [0, 0.1) is 5.92 Å². The van der Waals surface area contributed by atoms with Crippen molar-refractivity contribution in [1.82, 2.24) is 4.37 Å². The first-order valence-electron chi connectivity index (χ1n) is 6.84. The molecule has 1 fully saturated rings. The maximum atomic E-state index is 11.9. The molecule has 1 aliphatic heterocycles. The second-order valence-electron chi connectivity index (χ2n) is 4.86. The van der Waals surface area contributed by atoms with E-state index in [-0.39, 0.29) is 11.8 Å². The predicted molar refractivity (Wildman–Crippen MR) is 77.7 cm³/mol. The molecule has 0 saturated carbocycles. The Labute approximate surface area is 117 Å². The van der Waals surface area contributed by atoms with E-state index in [0.717, 1.165) is 18.1 Å². The Kier molecular flexibility index (Phi) is 4.63. The molecule has 5 nitrogen and oxygen atoms in total. The molecule has 0 radical (unpaired) electrons. The van der Waals surface area contributed by atoms with Crippen molar-refractivity contribution in [1.29, 1.82) is 0 Å². The molecule has 0 aromatic carbocycles. The van der Waals surface area contributed by atoms with Gasteiger partial charge in [0.1, 0.15) is 10.6 Å². The largest absolute Gasteiger partial charge is 0.462 e. The van der Waals surface area contributed by atoms with Crippen LogP contribution in [0.5, 0.6) is 0 Å². The van der Waals surface area contributed by atoms with Crippen LogP contribution in [0.15, 0.2) is 0 Å². The van der Waals surface area contributed by atoms with E-state index in [0.29, 0.717) is 18.1 Å². The zero-order valence-electron chi connectivity index (χ0n) is 11.5. The predicted octanol–water partition coefficient (Wildman–Crippen LogP) is 2.53. The molecule has 0 bridgehead atoms. The van der Waals surface area contributed by atoms with Gasteiger partial charge in [-0.3, -0.25) is 0 Å². The summed E-state index contributed by atoms with van der Waals surface area (Å²) in [5, 5.41) is 0.870. The van der Waals surface area contributed by atoms with E-state index in [1.807, 2.05) is 0 Å². The summed E-state index contributed by atoms with van der Waals surface area (Å²) >= 11 is 1.30. The molecule has 19 heavy (non-hydrogen) atoms. The normalized spacial score (nSPS) is 18.8. The highest BCUT2D eigenvalue weighted by molar-refractivity contribution is 7.11. The average molecular weight is 283 g/mol. The Morgan fingerprint density at radius 2 is 2.37 bits per heavy atom. The van der Waals surface area contributed by atoms with Crippen molar-refractivity contribution in [2.24, 2.45) is 5.92 Å². The summed E-state index contributed by atoms with van der Waals surface area (Å²) in [5.41, 5.74) is 6.25. The fraction of sp³-hybridized carbons (Fsp3) is 0.692. The Morgan fingerprint density at radius 1 is 1.58 bits per heavy atom. The number of carbonyl (C=O) groups is 1. The Hall–Kier alpha value is -1.30. The van der Waals surface area contributed by atoms with Crippen LogP contribution in [0.1, 0.15) is 43.5 Å². The monoisotopic (exact) mass is 283 g/mol. The van der Waals surface area contributed by atoms with Gasteiger partial charge in [-0.2, -0.15) is 4.37 Å². The molecule has 1 unspecified atom stereocenters. The number of rotatable bonds is 5. The van der Waals surface area contributed by atoms with Crippen molar-refractivity contribution >= 4 is 28.3 Å². The van der Waals surface area contributed by atoms with Crippen LogP contribution in [-0.2, 0) is 4.74 Å². The molecule has 1 saturated heterocycles. The second kappa shape index (κ2) is 6.23. The van der Waals surface area contributed by atoms with Gasteiger partial charge in [-0.25, -0.2) is 4.79 Å². The summed E-state index contributed by atoms with van der Waals surface area (Å²) in [5.74, 6) is 0.642. The van der Waals surface area contributed by atoms with Gasteiger partial charge in [-0.15, -0.1) is 0 Å². The number of carbonyl (C=O) groups excluding carboxylic acids is 1. The molecule has 0 spiro atoms. The number of aromatic nitrogens is 1. The minimum Gasteiger partial charge on any atom is -0.462 e. The van der Waals surface area contributed by atoms with E-state index >= 15 is 0 Å². The minimum absolute atomic E-state index is 0.289. The van der Waals surface area contributed by atoms with Crippen molar-refractivity contribution in [3.8, 4) is 0 Å². The highest BCUT2D eigenvalue weighted by Gasteiger charge is 2.29. The molecule has 1 aromatic heterocycles. The van der Waals surface area contributed by atoms with Crippen LogP contribution in [0.4, 0.5) is 10.8 Å². The number of anilines is 2.